The molecule has 0 atom stereocenters. The third-order valence-corrected chi connectivity index (χ3v) is 4.91. The highest BCUT2D eigenvalue weighted by atomic mass is 32.2. The van der Waals surface area contributed by atoms with Gasteiger partial charge in [-0.3, -0.25) is 4.57 Å². The summed E-state index contributed by atoms with van der Waals surface area (Å²) in [6.07, 6.45) is 0. The maximum absolute atomic E-state index is 9.91. The number of aryl methyl sites for hydroxylation is 2. The quantitative estimate of drug-likeness (QED) is 0.525. The highest BCUT2D eigenvalue weighted by Gasteiger charge is 2.15. The van der Waals surface area contributed by atoms with E-state index in [1.54, 1.807) is 24.3 Å². The molecule has 0 bridgehead atoms. The number of aromatic hydroxyl groups is 1. The van der Waals surface area contributed by atoms with Crippen LogP contribution in [0.3, 0.4) is 0 Å². The van der Waals surface area contributed by atoms with Gasteiger partial charge in [0, 0.05) is 5.69 Å². The van der Waals surface area contributed by atoms with E-state index in [4.69, 9.17) is 4.52 Å². The highest BCUT2D eigenvalue weighted by molar-refractivity contribution is 7.98. The first-order chi connectivity index (χ1) is 13.1. The van der Waals surface area contributed by atoms with E-state index in [1.807, 2.05) is 23.6 Å². The SMILES string of the molecule is Cc1cccc(-n2c(C)nnc2SCc2noc(-c3ccccc3O)n2)c1. The Morgan fingerprint density at radius 3 is 2.74 bits per heavy atom. The van der Waals surface area contributed by atoms with Crippen LogP contribution in [0.4, 0.5) is 0 Å². The lowest BCUT2D eigenvalue weighted by atomic mass is 10.2. The molecule has 2 aromatic heterocycles. The second kappa shape index (κ2) is 7.24. The first-order valence-corrected chi connectivity index (χ1v) is 9.33. The van der Waals surface area contributed by atoms with Gasteiger partial charge in [-0.2, -0.15) is 4.98 Å². The number of phenols is 1. The van der Waals surface area contributed by atoms with Crippen molar-refractivity contribution in [2.45, 2.75) is 24.8 Å². The molecule has 0 aliphatic carbocycles. The van der Waals surface area contributed by atoms with Gasteiger partial charge in [-0.05, 0) is 43.7 Å². The Hall–Kier alpha value is -3.13. The van der Waals surface area contributed by atoms with Crippen molar-refractivity contribution in [3.05, 3.63) is 65.7 Å². The fourth-order valence-electron chi connectivity index (χ4n) is 2.71. The van der Waals surface area contributed by atoms with Gasteiger partial charge in [0.05, 0.1) is 11.3 Å². The molecule has 0 unspecified atom stereocenters. The number of rotatable bonds is 5. The van der Waals surface area contributed by atoms with Crippen LogP contribution in [0.2, 0.25) is 0 Å². The summed E-state index contributed by atoms with van der Waals surface area (Å²) in [5.41, 5.74) is 2.70. The van der Waals surface area contributed by atoms with Gasteiger partial charge < -0.3 is 9.63 Å². The van der Waals surface area contributed by atoms with Crippen molar-refractivity contribution >= 4 is 11.8 Å². The number of aromatic nitrogens is 5. The molecule has 0 saturated carbocycles. The smallest absolute Gasteiger partial charge is 0.261 e. The van der Waals surface area contributed by atoms with Crippen molar-refractivity contribution in [1.82, 2.24) is 24.9 Å². The zero-order valence-electron chi connectivity index (χ0n) is 14.8. The van der Waals surface area contributed by atoms with Gasteiger partial charge >= 0.3 is 0 Å². The molecule has 1 N–H and O–H groups in total. The summed E-state index contributed by atoms with van der Waals surface area (Å²) < 4.78 is 7.28. The Bertz CT molecular complexity index is 1090. The molecule has 0 amide bonds. The number of hydrogen-bond donors (Lipinski definition) is 1. The Morgan fingerprint density at radius 2 is 1.93 bits per heavy atom. The predicted octanol–water partition coefficient (Wildman–Crippen LogP) is 3.93. The normalized spacial score (nSPS) is 11.0. The molecule has 8 heteroatoms. The first kappa shape index (κ1) is 17.3. The van der Waals surface area contributed by atoms with Gasteiger partial charge in [0.15, 0.2) is 11.0 Å². The molecule has 0 radical (unpaired) electrons. The molecule has 4 aromatic rings. The van der Waals surface area contributed by atoms with Crippen LogP contribution in [0.5, 0.6) is 5.75 Å². The number of nitrogens with zero attached hydrogens (tertiary/aromatic N) is 5. The van der Waals surface area contributed by atoms with Crippen LogP contribution < -0.4 is 0 Å². The van der Waals surface area contributed by atoms with Crippen LogP contribution in [0.25, 0.3) is 17.1 Å². The van der Waals surface area contributed by atoms with Crippen molar-refractivity contribution in [2.75, 3.05) is 0 Å². The number of para-hydroxylation sites is 1. The summed E-state index contributed by atoms with van der Waals surface area (Å²) >= 11 is 1.48. The third-order valence-electron chi connectivity index (χ3n) is 3.99. The summed E-state index contributed by atoms with van der Waals surface area (Å²) in [7, 11) is 0. The third kappa shape index (κ3) is 3.56. The molecule has 0 saturated heterocycles. The van der Waals surface area contributed by atoms with Crippen molar-refractivity contribution in [1.29, 1.82) is 0 Å². The van der Waals surface area contributed by atoms with E-state index in [1.165, 1.54) is 17.3 Å². The van der Waals surface area contributed by atoms with E-state index in [0.717, 1.165) is 16.7 Å². The lowest BCUT2D eigenvalue weighted by Crippen LogP contribution is -1.99. The minimum Gasteiger partial charge on any atom is -0.507 e. The van der Waals surface area contributed by atoms with E-state index in [9.17, 15) is 5.11 Å². The lowest BCUT2D eigenvalue weighted by Gasteiger charge is -2.08. The standard InChI is InChI=1S/C19H17N5O2S/c1-12-6-5-7-14(10-12)24-13(2)21-22-19(24)27-11-17-20-18(26-23-17)15-8-3-4-9-16(15)25/h3-10,25H,11H2,1-2H3. The molecule has 136 valence electrons. The molecule has 0 aliphatic rings. The predicted molar refractivity (Wildman–Crippen MR) is 102 cm³/mol. The molecule has 0 spiro atoms. The maximum Gasteiger partial charge on any atom is 0.261 e. The van der Waals surface area contributed by atoms with E-state index >= 15 is 0 Å². The molecule has 27 heavy (non-hydrogen) atoms. The van der Waals surface area contributed by atoms with Crippen molar-refractivity contribution in [3.8, 4) is 22.9 Å². The number of hydrogen-bond acceptors (Lipinski definition) is 7. The molecule has 4 rings (SSSR count). The van der Waals surface area contributed by atoms with Crippen LogP contribution in [0, 0.1) is 13.8 Å². The van der Waals surface area contributed by atoms with Crippen molar-refractivity contribution in [2.24, 2.45) is 0 Å². The van der Waals surface area contributed by atoms with Crippen LogP contribution in [-0.2, 0) is 5.75 Å². The Labute approximate surface area is 160 Å². The minimum atomic E-state index is 0.107. The summed E-state index contributed by atoms with van der Waals surface area (Å²) in [4.78, 5) is 4.36. The Morgan fingerprint density at radius 1 is 1.07 bits per heavy atom. The average Bonchev–Trinajstić information content (AvgIpc) is 3.27. The van der Waals surface area contributed by atoms with Gasteiger partial charge in [0.25, 0.3) is 5.89 Å². The van der Waals surface area contributed by atoms with E-state index in [0.29, 0.717) is 23.0 Å². The lowest BCUT2D eigenvalue weighted by molar-refractivity contribution is 0.419. The van der Waals surface area contributed by atoms with Crippen LogP contribution in [-0.4, -0.2) is 30.0 Å². The second-order valence-electron chi connectivity index (χ2n) is 6.03. The molecular formula is C19H17N5O2S. The Balaban J connectivity index is 1.55. The van der Waals surface area contributed by atoms with Crippen LogP contribution in [0.1, 0.15) is 17.2 Å². The van der Waals surface area contributed by atoms with Gasteiger partial charge in [0.1, 0.15) is 11.6 Å². The highest BCUT2D eigenvalue weighted by Crippen LogP contribution is 2.29. The molecule has 2 aromatic carbocycles. The van der Waals surface area contributed by atoms with Gasteiger partial charge in [-0.25, -0.2) is 0 Å². The fourth-order valence-corrected chi connectivity index (χ4v) is 3.55. The summed E-state index contributed by atoms with van der Waals surface area (Å²) in [5.74, 6) is 2.21. The summed E-state index contributed by atoms with van der Waals surface area (Å²) in [6, 6.07) is 15.0. The zero-order valence-corrected chi connectivity index (χ0v) is 15.6. The topological polar surface area (TPSA) is 89.9 Å². The number of benzene rings is 2. The zero-order chi connectivity index (χ0) is 18.8. The van der Waals surface area contributed by atoms with Crippen molar-refractivity contribution < 1.29 is 9.63 Å². The van der Waals surface area contributed by atoms with Crippen LogP contribution >= 0.6 is 11.8 Å². The van der Waals surface area contributed by atoms with Crippen LogP contribution in [0.15, 0.2) is 58.2 Å². The molecular weight excluding hydrogens is 362 g/mol. The second-order valence-corrected chi connectivity index (χ2v) is 6.97. The largest absolute Gasteiger partial charge is 0.507 e. The number of phenolic OH excluding ortho intramolecular Hbond substituents is 1. The van der Waals surface area contributed by atoms with Gasteiger partial charge in [-0.15, -0.1) is 10.2 Å². The summed E-state index contributed by atoms with van der Waals surface area (Å²) in [5, 5.41) is 23.1. The summed E-state index contributed by atoms with van der Waals surface area (Å²) in [6.45, 7) is 3.97. The molecule has 0 aliphatic heterocycles. The average molecular weight is 379 g/mol. The van der Waals surface area contributed by atoms with E-state index in [-0.39, 0.29) is 5.75 Å². The molecule has 2 heterocycles. The fraction of sp³-hybridized carbons (Fsp3) is 0.158. The molecule has 0 fully saturated rings. The minimum absolute atomic E-state index is 0.107. The first-order valence-electron chi connectivity index (χ1n) is 8.34. The Kier molecular flexibility index (Phi) is 4.64. The van der Waals surface area contributed by atoms with Gasteiger partial charge in [-0.1, -0.05) is 41.2 Å². The number of thioether (sulfide) groups is 1. The maximum atomic E-state index is 9.91. The van der Waals surface area contributed by atoms with Gasteiger partial charge in [0.2, 0.25) is 0 Å². The van der Waals surface area contributed by atoms with E-state index < -0.39 is 0 Å². The van der Waals surface area contributed by atoms with Crippen molar-refractivity contribution in [3.63, 3.8) is 0 Å². The van der Waals surface area contributed by atoms with E-state index in [2.05, 4.69) is 39.4 Å². The monoisotopic (exact) mass is 379 g/mol. The molecule has 7 nitrogen and oxygen atoms in total.